The standard InChI is InChI=1S/C19H27N5O3/c1-14-6-3-4-9-24(14)12-15-7-5-8-16(10-15)21-19(25)20-11-18-22-17(13-26-2)23-27-18/h5,7-8,10,14H,3-4,6,9,11-13H2,1-2H3,(H2,20,21,25)/t14-/m0/s1. The van der Waals surface area contributed by atoms with Crippen LogP contribution >= 0.6 is 0 Å². The molecule has 2 aromatic rings. The Labute approximate surface area is 159 Å². The van der Waals surface area contributed by atoms with Gasteiger partial charge in [0.1, 0.15) is 6.61 Å². The Bertz CT molecular complexity index is 748. The second-order valence-corrected chi connectivity index (χ2v) is 6.86. The molecule has 2 amide bonds. The lowest BCUT2D eigenvalue weighted by atomic mass is 10.0. The molecule has 0 spiro atoms. The highest BCUT2D eigenvalue weighted by Crippen LogP contribution is 2.20. The van der Waals surface area contributed by atoms with Gasteiger partial charge >= 0.3 is 6.03 Å². The van der Waals surface area contributed by atoms with Gasteiger partial charge in [-0.05, 0) is 44.0 Å². The summed E-state index contributed by atoms with van der Waals surface area (Å²) < 4.78 is 9.97. The van der Waals surface area contributed by atoms with Crippen LogP contribution in [-0.2, 0) is 24.4 Å². The van der Waals surface area contributed by atoms with Gasteiger partial charge in [-0.3, -0.25) is 4.90 Å². The number of anilines is 1. The average molecular weight is 373 g/mol. The Morgan fingerprint density at radius 1 is 1.41 bits per heavy atom. The van der Waals surface area contributed by atoms with Crippen LogP contribution in [0, 0.1) is 0 Å². The highest BCUT2D eigenvalue weighted by atomic mass is 16.5. The minimum atomic E-state index is -0.315. The monoisotopic (exact) mass is 373 g/mol. The van der Waals surface area contributed by atoms with Gasteiger partial charge in [0.05, 0.1) is 6.54 Å². The SMILES string of the molecule is COCc1noc(CNC(=O)Nc2cccc(CN3CCCC[C@@H]3C)c2)n1. The summed E-state index contributed by atoms with van der Waals surface area (Å²) in [6, 6.07) is 8.26. The maximum Gasteiger partial charge on any atom is 0.319 e. The van der Waals surface area contributed by atoms with Gasteiger partial charge < -0.3 is 19.9 Å². The largest absolute Gasteiger partial charge is 0.377 e. The van der Waals surface area contributed by atoms with E-state index in [-0.39, 0.29) is 19.2 Å². The van der Waals surface area contributed by atoms with Crippen LogP contribution in [-0.4, -0.2) is 40.8 Å². The van der Waals surface area contributed by atoms with Crippen molar-refractivity contribution in [3.8, 4) is 0 Å². The van der Waals surface area contributed by atoms with Crippen LogP contribution in [0.4, 0.5) is 10.5 Å². The number of piperidine rings is 1. The quantitative estimate of drug-likeness (QED) is 0.775. The van der Waals surface area contributed by atoms with E-state index in [4.69, 9.17) is 9.26 Å². The molecule has 1 saturated heterocycles. The molecule has 0 unspecified atom stereocenters. The van der Waals surface area contributed by atoms with Gasteiger partial charge in [-0.25, -0.2) is 4.79 Å². The lowest BCUT2D eigenvalue weighted by molar-refractivity contribution is 0.152. The third kappa shape index (κ3) is 5.77. The summed E-state index contributed by atoms with van der Waals surface area (Å²) in [7, 11) is 1.56. The van der Waals surface area contributed by atoms with Gasteiger partial charge in [0, 0.05) is 25.4 Å². The van der Waals surface area contributed by atoms with E-state index in [2.05, 4.69) is 38.7 Å². The minimum absolute atomic E-state index is 0.160. The first-order valence-corrected chi connectivity index (χ1v) is 9.32. The smallest absolute Gasteiger partial charge is 0.319 e. The highest BCUT2D eigenvalue weighted by molar-refractivity contribution is 5.89. The molecular formula is C19H27N5O3. The number of amides is 2. The number of nitrogens with zero attached hydrogens (tertiary/aromatic N) is 3. The number of rotatable bonds is 7. The Balaban J connectivity index is 1.50. The molecule has 1 aromatic carbocycles. The van der Waals surface area contributed by atoms with Gasteiger partial charge in [0.15, 0.2) is 5.82 Å². The van der Waals surface area contributed by atoms with Crippen molar-refractivity contribution in [3.05, 3.63) is 41.5 Å². The molecule has 146 valence electrons. The van der Waals surface area contributed by atoms with Gasteiger partial charge in [-0.1, -0.05) is 23.7 Å². The van der Waals surface area contributed by atoms with Gasteiger partial charge in [0.2, 0.25) is 5.89 Å². The number of carbonyl (C=O) groups is 1. The topological polar surface area (TPSA) is 92.5 Å². The molecule has 1 fully saturated rings. The normalized spacial score (nSPS) is 17.6. The molecule has 1 atom stereocenters. The number of benzene rings is 1. The molecule has 1 aliphatic heterocycles. The molecule has 0 bridgehead atoms. The molecule has 8 heteroatoms. The Morgan fingerprint density at radius 3 is 3.11 bits per heavy atom. The molecule has 0 saturated carbocycles. The molecule has 27 heavy (non-hydrogen) atoms. The summed E-state index contributed by atoms with van der Waals surface area (Å²) in [4.78, 5) is 18.7. The first-order valence-electron chi connectivity index (χ1n) is 9.32. The van der Waals surface area contributed by atoms with Crippen molar-refractivity contribution in [1.29, 1.82) is 0 Å². The van der Waals surface area contributed by atoms with Crippen LogP contribution in [0.1, 0.15) is 43.5 Å². The molecule has 1 aromatic heterocycles. The maximum absolute atomic E-state index is 12.1. The first kappa shape index (κ1) is 19.3. The number of ether oxygens (including phenoxy) is 1. The number of aromatic nitrogens is 2. The zero-order valence-electron chi connectivity index (χ0n) is 15.9. The van der Waals surface area contributed by atoms with Gasteiger partial charge in [-0.2, -0.15) is 4.98 Å². The van der Waals surface area contributed by atoms with E-state index < -0.39 is 0 Å². The predicted molar refractivity (Wildman–Crippen MR) is 101 cm³/mol. The van der Waals surface area contributed by atoms with Crippen LogP contribution in [0.25, 0.3) is 0 Å². The Kier molecular flexibility index (Phi) is 6.78. The number of methoxy groups -OCH3 is 1. The molecule has 2 heterocycles. The van der Waals surface area contributed by atoms with Crippen molar-refractivity contribution in [2.45, 2.75) is 51.9 Å². The molecule has 2 N–H and O–H groups in total. The van der Waals surface area contributed by atoms with Gasteiger partial charge in [-0.15, -0.1) is 0 Å². The fourth-order valence-corrected chi connectivity index (χ4v) is 3.26. The van der Waals surface area contributed by atoms with E-state index in [0.717, 1.165) is 18.8 Å². The van der Waals surface area contributed by atoms with Crippen LogP contribution in [0.2, 0.25) is 0 Å². The lowest BCUT2D eigenvalue weighted by Gasteiger charge is -2.33. The Hall–Kier alpha value is -2.45. The number of carbonyl (C=O) groups excluding carboxylic acids is 1. The molecule has 0 aliphatic carbocycles. The number of likely N-dealkylation sites (tertiary alicyclic amines) is 1. The maximum atomic E-state index is 12.1. The van der Waals surface area contributed by atoms with Crippen molar-refractivity contribution in [1.82, 2.24) is 20.4 Å². The molecular weight excluding hydrogens is 346 g/mol. The third-order valence-electron chi connectivity index (χ3n) is 4.69. The minimum Gasteiger partial charge on any atom is -0.377 e. The zero-order chi connectivity index (χ0) is 19.1. The summed E-state index contributed by atoms with van der Waals surface area (Å²) in [6.07, 6.45) is 3.82. The van der Waals surface area contributed by atoms with E-state index in [9.17, 15) is 4.79 Å². The summed E-state index contributed by atoms with van der Waals surface area (Å²) in [6.45, 7) is 4.76. The summed E-state index contributed by atoms with van der Waals surface area (Å²) in [5, 5.41) is 9.32. The number of hydrogen-bond acceptors (Lipinski definition) is 6. The van der Waals surface area contributed by atoms with Crippen LogP contribution in [0.5, 0.6) is 0 Å². The summed E-state index contributed by atoms with van der Waals surface area (Å²) in [5.74, 6) is 0.791. The third-order valence-corrected chi connectivity index (χ3v) is 4.69. The molecule has 0 radical (unpaired) electrons. The van der Waals surface area contributed by atoms with Crippen molar-refractivity contribution in [2.24, 2.45) is 0 Å². The number of urea groups is 1. The first-order chi connectivity index (χ1) is 13.1. The Morgan fingerprint density at radius 2 is 2.30 bits per heavy atom. The zero-order valence-corrected chi connectivity index (χ0v) is 15.9. The summed E-state index contributed by atoms with van der Waals surface area (Å²) in [5.41, 5.74) is 1.96. The summed E-state index contributed by atoms with van der Waals surface area (Å²) >= 11 is 0. The van der Waals surface area contributed by atoms with Crippen LogP contribution in [0.15, 0.2) is 28.8 Å². The van der Waals surface area contributed by atoms with E-state index in [1.54, 1.807) is 7.11 Å². The van der Waals surface area contributed by atoms with Crippen LogP contribution in [0.3, 0.4) is 0 Å². The lowest BCUT2D eigenvalue weighted by Crippen LogP contribution is -2.36. The fraction of sp³-hybridized carbons (Fsp3) is 0.526. The molecule has 8 nitrogen and oxygen atoms in total. The van der Waals surface area contributed by atoms with Gasteiger partial charge in [0.25, 0.3) is 0 Å². The second-order valence-electron chi connectivity index (χ2n) is 6.86. The number of nitrogens with one attached hydrogen (secondary N) is 2. The van der Waals surface area contributed by atoms with E-state index >= 15 is 0 Å². The van der Waals surface area contributed by atoms with E-state index in [1.807, 2.05) is 18.2 Å². The number of hydrogen-bond donors (Lipinski definition) is 2. The molecule has 3 rings (SSSR count). The predicted octanol–water partition coefficient (Wildman–Crippen LogP) is 2.91. The van der Waals surface area contributed by atoms with Crippen molar-refractivity contribution in [3.63, 3.8) is 0 Å². The average Bonchev–Trinajstić information content (AvgIpc) is 3.10. The molecule has 1 aliphatic rings. The van der Waals surface area contributed by atoms with Crippen molar-refractivity contribution < 1.29 is 14.1 Å². The fourth-order valence-electron chi connectivity index (χ4n) is 3.26. The van der Waals surface area contributed by atoms with E-state index in [1.165, 1.54) is 24.8 Å². The van der Waals surface area contributed by atoms with Crippen molar-refractivity contribution >= 4 is 11.7 Å². The van der Waals surface area contributed by atoms with Crippen molar-refractivity contribution in [2.75, 3.05) is 19.0 Å². The highest BCUT2D eigenvalue weighted by Gasteiger charge is 2.18. The second kappa shape index (κ2) is 9.48. The van der Waals surface area contributed by atoms with E-state index in [0.29, 0.717) is 17.8 Å². The van der Waals surface area contributed by atoms with Crippen LogP contribution < -0.4 is 10.6 Å².